The molecule has 1 fully saturated rings. The smallest absolute Gasteiger partial charge is 0.255 e. The molecule has 5 heteroatoms. The minimum atomic E-state index is -0.0177. The van der Waals surface area contributed by atoms with Crippen LogP contribution in [0.15, 0.2) is 47.4 Å². The molecule has 0 bridgehead atoms. The van der Waals surface area contributed by atoms with Crippen LogP contribution in [0.1, 0.15) is 31.2 Å². The molecule has 0 amide bonds. The van der Waals surface area contributed by atoms with Gasteiger partial charge in [-0.05, 0) is 63.2 Å². The molecular weight excluding hydrogens is 350 g/mol. The van der Waals surface area contributed by atoms with Crippen LogP contribution in [0.2, 0.25) is 0 Å². The molecule has 1 aromatic carbocycles. The van der Waals surface area contributed by atoms with Crippen LogP contribution in [0.3, 0.4) is 0 Å². The summed E-state index contributed by atoms with van der Waals surface area (Å²) in [6, 6.07) is 11.2. The van der Waals surface area contributed by atoms with E-state index in [9.17, 15) is 4.79 Å². The molecular formula is C23H33N3O2. The predicted molar refractivity (Wildman–Crippen MR) is 115 cm³/mol. The highest BCUT2D eigenvalue weighted by Gasteiger charge is 2.12. The SMILES string of the molecule is Cc1ccc(=O)n(-c2ccc(OCCCCCCN3CCN(C)CC3)cc2)c1. The molecule has 2 heterocycles. The van der Waals surface area contributed by atoms with E-state index in [0.29, 0.717) is 0 Å². The molecule has 0 radical (unpaired) electrons. The first-order valence-corrected chi connectivity index (χ1v) is 10.5. The number of benzene rings is 1. The van der Waals surface area contributed by atoms with Gasteiger partial charge in [-0.1, -0.05) is 18.9 Å². The fourth-order valence-electron chi connectivity index (χ4n) is 3.55. The van der Waals surface area contributed by atoms with Gasteiger partial charge < -0.3 is 14.5 Å². The topological polar surface area (TPSA) is 37.7 Å². The van der Waals surface area contributed by atoms with Gasteiger partial charge in [-0.25, -0.2) is 0 Å². The highest BCUT2D eigenvalue weighted by atomic mass is 16.5. The van der Waals surface area contributed by atoms with Crippen molar-refractivity contribution in [3.63, 3.8) is 0 Å². The number of piperazine rings is 1. The number of hydrogen-bond donors (Lipinski definition) is 0. The maximum absolute atomic E-state index is 12.0. The van der Waals surface area contributed by atoms with Crippen molar-refractivity contribution in [1.82, 2.24) is 14.4 Å². The van der Waals surface area contributed by atoms with E-state index in [1.165, 1.54) is 52.0 Å². The second-order valence-corrected chi connectivity index (χ2v) is 7.82. The Labute approximate surface area is 168 Å². The zero-order valence-corrected chi connectivity index (χ0v) is 17.3. The maximum Gasteiger partial charge on any atom is 0.255 e. The van der Waals surface area contributed by atoms with Gasteiger partial charge in [0, 0.05) is 44.1 Å². The minimum absolute atomic E-state index is 0.0177. The molecule has 1 aliphatic rings. The monoisotopic (exact) mass is 383 g/mol. The van der Waals surface area contributed by atoms with Crippen LogP contribution >= 0.6 is 0 Å². The summed E-state index contributed by atoms with van der Waals surface area (Å²) in [5, 5.41) is 0. The lowest BCUT2D eigenvalue weighted by Gasteiger charge is -2.32. The molecule has 0 spiro atoms. The van der Waals surface area contributed by atoms with E-state index in [1.807, 2.05) is 43.5 Å². The number of hydrogen-bond acceptors (Lipinski definition) is 4. The van der Waals surface area contributed by atoms with Gasteiger partial charge in [0.1, 0.15) is 5.75 Å². The van der Waals surface area contributed by atoms with E-state index < -0.39 is 0 Å². The standard InChI is InChI=1S/C23H33N3O2/c1-20-7-12-23(27)26(19-20)21-8-10-22(11-9-21)28-18-6-4-3-5-13-25-16-14-24(2)15-17-25/h7-12,19H,3-6,13-18H2,1-2H3. The third-order valence-corrected chi connectivity index (χ3v) is 5.41. The Balaban J connectivity index is 1.32. The highest BCUT2D eigenvalue weighted by Crippen LogP contribution is 2.15. The van der Waals surface area contributed by atoms with Crippen LogP contribution in [-0.2, 0) is 0 Å². The van der Waals surface area contributed by atoms with Gasteiger partial charge in [0.15, 0.2) is 0 Å². The number of rotatable bonds is 9. The lowest BCUT2D eigenvalue weighted by atomic mass is 10.2. The average Bonchev–Trinajstić information content (AvgIpc) is 2.71. The third kappa shape index (κ3) is 6.21. The molecule has 1 saturated heterocycles. The summed E-state index contributed by atoms with van der Waals surface area (Å²) < 4.78 is 7.52. The second kappa shape index (κ2) is 10.4. The Hall–Kier alpha value is -2.11. The van der Waals surface area contributed by atoms with E-state index in [-0.39, 0.29) is 5.56 Å². The molecule has 1 aromatic heterocycles. The summed E-state index contributed by atoms with van der Waals surface area (Å²) in [6.45, 7) is 8.79. The number of aryl methyl sites for hydroxylation is 1. The minimum Gasteiger partial charge on any atom is -0.494 e. The van der Waals surface area contributed by atoms with E-state index in [2.05, 4.69) is 16.8 Å². The van der Waals surface area contributed by atoms with Gasteiger partial charge in [0.25, 0.3) is 5.56 Å². The molecule has 0 aliphatic carbocycles. The Morgan fingerprint density at radius 2 is 1.61 bits per heavy atom. The number of likely N-dealkylation sites (N-methyl/N-ethyl adjacent to an activating group) is 1. The van der Waals surface area contributed by atoms with Crippen LogP contribution in [-0.4, -0.2) is 60.7 Å². The zero-order valence-electron chi connectivity index (χ0n) is 17.3. The summed E-state index contributed by atoms with van der Waals surface area (Å²) in [5.41, 5.74) is 1.91. The molecule has 152 valence electrons. The fourth-order valence-corrected chi connectivity index (χ4v) is 3.55. The molecule has 2 aromatic rings. The number of nitrogens with zero attached hydrogens (tertiary/aromatic N) is 3. The zero-order chi connectivity index (χ0) is 19.8. The van der Waals surface area contributed by atoms with E-state index in [0.717, 1.165) is 30.0 Å². The van der Waals surface area contributed by atoms with Crippen molar-refractivity contribution in [3.05, 3.63) is 58.5 Å². The van der Waals surface area contributed by atoms with E-state index in [1.54, 1.807) is 10.6 Å². The first-order chi connectivity index (χ1) is 13.6. The van der Waals surface area contributed by atoms with Crippen molar-refractivity contribution in [1.29, 1.82) is 0 Å². The van der Waals surface area contributed by atoms with Crippen LogP contribution in [0, 0.1) is 6.92 Å². The quantitative estimate of drug-likeness (QED) is 0.623. The number of ether oxygens (including phenoxy) is 1. The number of unbranched alkanes of at least 4 members (excludes halogenated alkanes) is 3. The summed E-state index contributed by atoms with van der Waals surface area (Å²) in [5.74, 6) is 0.863. The van der Waals surface area contributed by atoms with Gasteiger partial charge in [-0.3, -0.25) is 9.36 Å². The van der Waals surface area contributed by atoms with Gasteiger partial charge >= 0.3 is 0 Å². The fraction of sp³-hybridized carbons (Fsp3) is 0.522. The van der Waals surface area contributed by atoms with Gasteiger partial charge in [-0.2, -0.15) is 0 Å². The normalized spacial score (nSPS) is 15.6. The Kier molecular flexibility index (Phi) is 7.69. The predicted octanol–water partition coefficient (Wildman–Crippen LogP) is 3.33. The van der Waals surface area contributed by atoms with Crippen molar-refractivity contribution < 1.29 is 4.74 Å². The Morgan fingerprint density at radius 1 is 0.893 bits per heavy atom. The van der Waals surface area contributed by atoms with Crippen LogP contribution in [0.5, 0.6) is 5.75 Å². The lowest BCUT2D eigenvalue weighted by molar-refractivity contribution is 0.151. The molecule has 0 atom stereocenters. The third-order valence-electron chi connectivity index (χ3n) is 5.41. The second-order valence-electron chi connectivity index (χ2n) is 7.82. The lowest BCUT2D eigenvalue weighted by Crippen LogP contribution is -2.44. The summed E-state index contributed by atoms with van der Waals surface area (Å²) in [7, 11) is 2.20. The highest BCUT2D eigenvalue weighted by molar-refractivity contribution is 5.38. The van der Waals surface area contributed by atoms with Crippen molar-refractivity contribution >= 4 is 0 Å². The van der Waals surface area contributed by atoms with Crippen molar-refractivity contribution in [2.75, 3.05) is 46.4 Å². The van der Waals surface area contributed by atoms with Gasteiger partial charge in [0.2, 0.25) is 0 Å². The molecule has 0 N–H and O–H groups in total. The van der Waals surface area contributed by atoms with E-state index in [4.69, 9.17) is 4.74 Å². The molecule has 1 aliphatic heterocycles. The summed E-state index contributed by atoms with van der Waals surface area (Å²) >= 11 is 0. The van der Waals surface area contributed by atoms with Crippen LogP contribution in [0.4, 0.5) is 0 Å². The van der Waals surface area contributed by atoms with E-state index >= 15 is 0 Å². The molecule has 0 saturated carbocycles. The van der Waals surface area contributed by atoms with Crippen LogP contribution < -0.4 is 10.3 Å². The van der Waals surface area contributed by atoms with Crippen molar-refractivity contribution in [3.8, 4) is 11.4 Å². The summed E-state index contributed by atoms with van der Waals surface area (Å²) in [4.78, 5) is 17.0. The van der Waals surface area contributed by atoms with Gasteiger partial charge in [0.05, 0.1) is 6.61 Å². The molecule has 0 unspecified atom stereocenters. The molecule has 5 nitrogen and oxygen atoms in total. The number of aromatic nitrogens is 1. The van der Waals surface area contributed by atoms with Crippen molar-refractivity contribution in [2.24, 2.45) is 0 Å². The molecule has 28 heavy (non-hydrogen) atoms. The van der Waals surface area contributed by atoms with Crippen molar-refractivity contribution in [2.45, 2.75) is 32.6 Å². The van der Waals surface area contributed by atoms with Crippen LogP contribution in [0.25, 0.3) is 5.69 Å². The first-order valence-electron chi connectivity index (χ1n) is 10.5. The Morgan fingerprint density at radius 3 is 2.36 bits per heavy atom. The first kappa shape index (κ1) is 20.6. The Bertz CT molecular complexity index is 777. The largest absolute Gasteiger partial charge is 0.494 e. The van der Waals surface area contributed by atoms with Gasteiger partial charge in [-0.15, -0.1) is 0 Å². The number of pyridine rings is 1. The molecule has 3 rings (SSSR count). The average molecular weight is 384 g/mol. The summed E-state index contributed by atoms with van der Waals surface area (Å²) in [6.07, 6.45) is 6.71. The maximum atomic E-state index is 12.0.